The Kier molecular flexibility index (Phi) is 7.05. The second-order valence-corrected chi connectivity index (χ2v) is 8.67. The Labute approximate surface area is 140 Å². The number of nitrogens with zero attached hydrogens (tertiary/aromatic N) is 2. The summed E-state index contributed by atoms with van der Waals surface area (Å²) < 4.78 is 28.9. The maximum atomic E-state index is 12.6. The first-order chi connectivity index (χ1) is 10.6. The van der Waals surface area contributed by atoms with Crippen molar-refractivity contribution in [1.29, 1.82) is 0 Å². The van der Waals surface area contributed by atoms with Gasteiger partial charge in [-0.25, -0.2) is 0 Å². The molecule has 1 saturated heterocycles. The van der Waals surface area contributed by atoms with Crippen LogP contribution >= 0.6 is 0 Å². The van der Waals surface area contributed by atoms with Gasteiger partial charge in [0.1, 0.15) is 0 Å². The van der Waals surface area contributed by atoms with E-state index in [-0.39, 0.29) is 0 Å². The molecule has 1 heterocycles. The molecule has 0 aromatic heterocycles. The maximum Gasteiger partial charge on any atom is 0.174 e. The number of piperidine rings is 1. The summed E-state index contributed by atoms with van der Waals surface area (Å²) >= 11 is -2.23. The Morgan fingerprint density at radius 3 is 2.05 bits per heavy atom. The summed E-state index contributed by atoms with van der Waals surface area (Å²) in [5.41, 5.74) is 0. The first-order valence-electron chi connectivity index (χ1n) is 8.00. The van der Waals surface area contributed by atoms with E-state index in [1.165, 1.54) is 0 Å². The van der Waals surface area contributed by atoms with Crippen LogP contribution in [0.2, 0.25) is 0 Å². The molecule has 1 aliphatic rings. The topological polar surface area (TPSA) is 52.6 Å². The molecule has 0 N–H and O–H groups in total. The van der Waals surface area contributed by atoms with Gasteiger partial charge in [0.05, 0.1) is 22.7 Å². The molecule has 2 atom stereocenters. The number of hydrogen-bond acceptors (Lipinski definition) is 4. The molecular weight excluding hydrogens is 316 g/mol. The highest BCUT2D eigenvalue weighted by Crippen LogP contribution is 2.25. The summed E-state index contributed by atoms with van der Waals surface area (Å²) in [7, 11) is 0. The SMILES string of the molecule is CCN(CC)[S+]([O-])c1ccc([S+]([O-])N2CCC(C)CC2)cc1. The predicted molar refractivity (Wildman–Crippen MR) is 92.2 cm³/mol. The molecule has 22 heavy (non-hydrogen) atoms. The molecule has 1 fully saturated rings. The van der Waals surface area contributed by atoms with E-state index in [0.29, 0.717) is 0 Å². The lowest BCUT2D eigenvalue weighted by atomic mass is 10.0. The van der Waals surface area contributed by atoms with Crippen LogP contribution in [0.25, 0.3) is 0 Å². The van der Waals surface area contributed by atoms with E-state index in [1.54, 1.807) is 0 Å². The van der Waals surface area contributed by atoms with Gasteiger partial charge in [0.15, 0.2) is 9.79 Å². The Balaban J connectivity index is 2.02. The van der Waals surface area contributed by atoms with Crippen molar-refractivity contribution in [2.75, 3.05) is 26.2 Å². The van der Waals surface area contributed by atoms with Crippen LogP contribution in [0.15, 0.2) is 34.1 Å². The monoisotopic (exact) mass is 342 g/mol. The molecule has 0 spiro atoms. The number of hydrogen-bond donors (Lipinski definition) is 0. The Hall–Kier alpha value is -0.240. The quantitative estimate of drug-likeness (QED) is 0.746. The van der Waals surface area contributed by atoms with Crippen LogP contribution in [-0.2, 0) is 22.7 Å². The summed E-state index contributed by atoms with van der Waals surface area (Å²) in [5, 5.41) is 0. The van der Waals surface area contributed by atoms with Gasteiger partial charge in [-0.3, -0.25) is 0 Å². The van der Waals surface area contributed by atoms with Gasteiger partial charge in [-0.05, 0) is 32.6 Å². The molecule has 6 heteroatoms. The molecule has 0 amide bonds. The zero-order chi connectivity index (χ0) is 16.1. The average Bonchev–Trinajstić information content (AvgIpc) is 2.56. The molecule has 0 saturated carbocycles. The predicted octanol–water partition coefficient (Wildman–Crippen LogP) is 2.81. The number of benzene rings is 1. The van der Waals surface area contributed by atoms with Gasteiger partial charge in [-0.15, -0.1) is 8.61 Å². The molecule has 1 aromatic carbocycles. The fourth-order valence-electron chi connectivity index (χ4n) is 2.58. The number of rotatable bonds is 6. The van der Waals surface area contributed by atoms with Crippen LogP contribution in [0.4, 0.5) is 0 Å². The maximum absolute atomic E-state index is 12.6. The molecule has 0 aliphatic carbocycles. The van der Waals surface area contributed by atoms with Crippen molar-refractivity contribution in [1.82, 2.24) is 8.61 Å². The minimum absolute atomic E-state index is 0.729. The van der Waals surface area contributed by atoms with Crippen LogP contribution in [0.1, 0.15) is 33.6 Å². The van der Waals surface area contributed by atoms with Gasteiger partial charge in [-0.2, -0.15) is 0 Å². The molecular formula is C16H26N2O2S2. The largest absolute Gasteiger partial charge is 0.593 e. The summed E-state index contributed by atoms with van der Waals surface area (Å²) in [6, 6.07) is 7.39. The third-order valence-electron chi connectivity index (χ3n) is 4.14. The Bertz CT molecular complexity index is 446. The molecule has 0 radical (unpaired) electrons. The molecule has 0 bridgehead atoms. The van der Waals surface area contributed by atoms with Crippen molar-refractivity contribution < 1.29 is 9.11 Å². The molecule has 2 rings (SSSR count). The van der Waals surface area contributed by atoms with E-state index >= 15 is 0 Å². The Morgan fingerprint density at radius 2 is 1.55 bits per heavy atom. The van der Waals surface area contributed by atoms with Crippen molar-refractivity contribution in [3.8, 4) is 0 Å². The van der Waals surface area contributed by atoms with E-state index in [9.17, 15) is 9.11 Å². The van der Waals surface area contributed by atoms with Crippen LogP contribution in [0.3, 0.4) is 0 Å². The van der Waals surface area contributed by atoms with Gasteiger partial charge in [0, 0.05) is 50.4 Å². The highest BCUT2D eigenvalue weighted by Gasteiger charge is 2.27. The lowest BCUT2D eigenvalue weighted by Crippen LogP contribution is -2.37. The lowest BCUT2D eigenvalue weighted by Gasteiger charge is -2.30. The zero-order valence-corrected chi connectivity index (χ0v) is 15.3. The van der Waals surface area contributed by atoms with Gasteiger partial charge < -0.3 is 9.11 Å². The van der Waals surface area contributed by atoms with E-state index < -0.39 is 22.7 Å². The van der Waals surface area contributed by atoms with Crippen molar-refractivity contribution in [2.45, 2.75) is 43.4 Å². The van der Waals surface area contributed by atoms with Gasteiger partial charge in [0.2, 0.25) is 0 Å². The van der Waals surface area contributed by atoms with E-state index in [2.05, 4.69) is 6.92 Å². The average molecular weight is 343 g/mol. The summed E-state index contributed by atoms with van der Waals surface area (Å²) in [6.07, 6.45) is 2.21. The van der Waals surface area contributed by atoms with Crippen molar-refractivity contribution >= 4 is 22.7 Å². The highest BCUT2D eigenvalue weighted by molar-refractivity contribution is 7.89. The minimum Gasteiger partial charge on any atom is -0.593 e. The summed E-state index contributed by atoms with van der Waals surface area (Å²) in [6.45, 7) is 9.54. The minimum atomic E-state index is -1.13. The third kappa shape index (κ3) is 4.40. The van der Waals surface area contributed by atoms with E-state index in [4.69, 9.17) is 0 Å². The molecule has 2 unspecified atom stereocenters. The zero-order valence-electron chi connectivity index (χ0n) is 13.7. The smallest absolute Gasteiger partial charge is 0.174 e. The first kappa shape index (κ1) is 18.1. The van der Waals surface area contributed by atoms with E-state index in [1.807, 2.05) is 46.7 Å². The summed E-state index contributed by atoms with van der Waals surface area (Å²) in [4.78, 5) is 1.58. The normalized spacial score (nSPS) is 20.3. The van der Waals surface area contributed by atoms with Gasteiger partial charge >= 0.3 is 0 Å². The van der Waals surface area contributed by atoms with Crippen molar-refractivity contribution in [3.05, 3.63) is 24.3 Å². The second kappa shape index (κ2) is 8.57. The van der Waals surface area contributed by atoms with Crippen molar-refractivity contribution in [3.63, 3.8) is 0 Å². The first-order valence-corrected chi connectivity index (χ1v) is 10.2. The fourth-order valence-corrected chi connectivity index (χ4v) is 4.93. The van der Waals surface area contributed by atoms with Crippen LogP contribution in [-0.4, -0.2) is 43.9 Å². The standard InChI is InChI=1S/C16H26N2O2S2/c1-4-17(5-2)21(19)15-6-8-16(9-7-15)22(20)18-12-10-14(3)11-13-18/h6-9,14H,4-5,10-13H2,1-3H3. The molecule has 1 aliphatic heterocycles. The third-order valence-corrected chi connectivity index (χ3v) is 7.31. The van der Waals surface area contributed by atoms with Crippen molar-refractivity contribution in [2.24, 2.45) is 5.92 Å². The van der Waals surface area contributed by atoms with Crippen LogP contribution in [0, 0.1) is 5.92 Å². The van der Waals surface area contributed by atoms with Crippen LogP contribution < -0.4 is 0 Å². The van der Waals surface area contributed by atoms with Gasteiger partial charge in [-0.1, -0.05) is 6.92 Å². The second-order valence-electron chi connectivity index (χ2n) is 5.70. The molecule has 124 valence electrons. The summed E-state index contributed by atoms with van der Waals surface area (Å²) in [5.74, 6) is 0.729. The lowest BCUT2D eigenvalue weighted by molar-refractivity contribution is 0.288. The highest BCUT2D eigenvalue weighted by atomic mass is 32.2. The molecule has 1 aromatic rings. The van der Waals surface area contributed by atoms with Gasteiger partial charge in [0.25, 0.3) is 0 Å². The Morgan fingerprint density at radius 1 is 1.05 bits per heavy atom. The van der Waals surface area contributed by atoms with E-state index in [0.717, 1.165) is 54.7 Å². The van der Waals surface area contributed by atoms with Crippen LogP contribution in [0.5, 0.6) is 0 Å². The molecule has 4 nitrogen and oxygen atoms in total. The fraction of sp³-hybridized carbons (Fsp3) is 0.625.